The summed E-state index contributed by atoms with van der Waals surface area (Å²) in [6.07, 6.45) is 0. The fourth-order valence-corrected chi connectivity index (χ4v) is 2.61. The molecular weight excluding hydrogens is 277 g/mol. The topological polar surface area (TPSA) is 4.93 Å². The molecule has 2 aromatic carbocycles. The zero-order valence-electron chi connectivity index (χ0n) is 10.9. The van der Waals surface area contributed by atoms with E-state index in [-0.39, 0.29) is 12.4 Å². The largest absolute Gasteiger partial charge is 0.252 e. The summed E-state index contributed by atoms with van der Waals surface area (Å²) < 4.78 is 1.75. The Morgan fingerprint density at radius 3 is 2.42 bits per heavy atom. The maximum absolute atomic E-state index is 6.43. The molecule has 0 amide bonds. The molecule has 0 atom stereocenters. The highest BCUT2D eigenvalue weighted by Crippen LogP contribution is 2.31. The summed E-state index contributed by atoms with van der Waals surface area (Å²) in [5.74, 6) is 0. The van der Waals surface area contributed by atoms with Crippen LogP contribution in [-0.2, 0) is 0 Å². The number of hydrogen-bond donors (Lipinski definition) is 0. The molecule has 0 saturated heterocycles. The number of aromatic nitrogens is 1. The van der Waals surface area contributed by atoms with Crippen LogP contribution in [0.4, 0.5) is 0 Å². The van der Waals surface area contributed by atoms with Crippen LogP contribution in [0, 0.1) is 13.8 Å². The number of halogens is 2. The summed E-state index contributed by atoms with van der Waals surface area (Å²) in [7, 11) is 0. The van der Waals surface area contributed by atoms with Gasteiger partial charge in [-0.25, -0.2) is 0 Å². The minimum atomic E-state index is 0. The molecule has 1 aromatic heterocycles. The Morgan fingerprint density at radius 1 is 0.947 bits per heavy atom. The summed E-state index contributed by atoms with van der Waals surface area (Å²) in [4.78, 5) is 0. The second kappa shape index (κ2) is 5.28. The summed E-state index contributed by atoms with van der Waals surface area (Å²) in [6, 6.07) is 16.8. The zero-order chi connectivity index (χ0) is 12.7. The summed E-state index contributed by atoms with van der Waals surface area (Å²) in [5, 5.41) is 1.17. The Balaban J connectivity index is 0.00000133. The first-order chi connectivity index (χ1) is 8.66. The van der Waals surface area contributed by atoms with E-state index in [4.69, 9.17) is 11.8 Å². The molecule has 1 nitrogen and oxygen atoms in total. The van der Waals surface area contributed by atoms with Crippen molar-refractivity contribution < 1.29 is 0 Å². The van der Waals surface area contributed by atoms with Gasteiger partial charge in [0.2, 0.25) is 0 Å². The molecule has 19 heavy (non-hydrogen) atoms. The number of rotatable bonds is 1. The Hall–Kier alpha value is -1.44. The molecule has 0 fully saturated rings. The fourth-order valence-electron chi connectivity index (χ4n) is 2.32. The molecule has 0 saturated carbocycles. The van der Waals surface area contributed by atoms with Crippen molar-refractivity contribution in [2.75, 3.05) is 0 Å². The molecule has 0 N–H and O–H groups in total. The van der Waals surface area contributed by atoms with Crippen LogP contribution in [0.15, 0.2) is 48.5 Å². The smallest absolute Gasteiger partial charge is 0.0663 e. The van der Waals surface area contributed by atoms with E-state index < -0.39 is 0 Å². The van der Waals surface area contributed by atoms with E-state index in [9.17, 15) is 0 Å². The molecule has 3 heteroatoms. The van der Waals surface area contributed by atoms with Crippen molar-refractivity contribution in [1.29, 1.82) is 0 Å². The van der Waals surface area contributed by atoms with Gasteiger partial charge in [0.1, 0.15) is 0 Å². The molecule has 0 radical (unpaired) electrons. The van der Waals surface area contributed by atoms with Crippen molar-refractivity contribution in [2.45, 2.75) is 13.8 Å². The standard InChI is InChI=1S/C16H14ClN.ClH/c1-11-7-8-12(2)14(9-11)16-10-13-5-3-4-6-15(13)18(16)17;/h3-10H,1-2H3;1H. The van der Waals surface area contributed by atoms with Crippen LogP contribution >= 0.6 is 24.2 Å². The average Bonchev–Trinajstić information content (AvgIpc) is 2.71. The average molecular weight is 292 g/mol. The molecule has 3 rings (SSSR count). The molecule has 0 spiro atoms. The number of para-hydroxylation sites is 1. The van der Waals surface area contributed by atoms with Gasteiger partial charge >= 0.3 is 0 Å². The van der Waals surface area contributed by atoms with Crippen molar-refractivity contribution in [3.05, 3.63) is 59.7 Å². The summed E-state index contributed by atoms with van der Waals surface area (Å²) in [5.41, 5.74) is 5.79. The summed E-state index contributed by atoms with van der Waals surface area (Å²) in [6.45, 7) is 4.22. The van der Waals surface area contributed by atoms with E-state index in [1.807, 2.05) is 18.2 Å². The van der Waals surface area contributed by atoms with Crippen LogP contribution < -0.4 is 0 Å². The van der Waals surface area contributed by atoms with Crippen LogP contribution in [0.25, 0.3) is 22.2 Å². The van der Waals surface area contributed by atoms with E-state index in [0.717, 1.165) is 11.2 Å². The van der Waals surface area contributed by atoms with Gasteiger partial charge in [0, 0.05) is 22.7 Å². The van der Waals surface area contributed by atoms with Crippen molar-refractivity contribution in [1.82, 2.24) is 4.09 Å². The van der Waals surface area contributed by atoms with Gasteiger partial charge in [-0.3, -0.25) is 4.09 Å². The highest BCUT2D eigenvalue weighted by molar-refractivity contribution is 6.21. The lowest BCUT2D eigenvalue weighted by atomic mass is 10.0. The van der Waals surface area contributed by atoms with Crippen molar-refractivity contribution in [3.63, 3.8) is 0 Å². The lowest BCUT2D eigenvalue weighted by molar-refractivity contribution is 1.29. The van der Waals surface area contributed by atoms with Crippen LogP contribution in [0.3, 0.4) is 0 Å². The van der Waals surface area contributed by atoms with E-state index in [2.05, 4.69) is 44.2 Å². The van der Waals surface area contributed by atoms with E-state index in [0.29, 0.717) is 0 Å². The Morgan fingerprint density at radius 2 is 1.68 bits per heavy atom. The van der Waals surface area contributed by atoms with Crippen LogP contribution in [0.2, 0.25) is 0 Å². The van der Waals surface area contributed by atoms with Gasteiger partial charge in [-0.1, -0.05) is 35.9 Å². The lowest BCUT2D eigenvalue weighted by Crippen LogP contribution is -1.89. The van der Waals surface area contributed by atoms with Gasteiger partial charge < -0.3 is 0 Å². The molecule has 98 valence electrons. The normalized spacial score (nSPS) is 10.5. The van der Waals surface area contributed by atoms with E-state index >= 15 is 0 Å². The minimum absolute atomic E-state index is 0. The molecule has 0 aliphatic carbocycles. The Kier molecular flexibility index (Phi) is 3.88. The molecular formula is C16H15Cl2N. The molecule has 0 aliphatic heterocycles. The highest BCUT2D eigenvalue weighted by atomic mass is 35.5. The maximum Gasteiger partial charge on any atom is 0.0663 e. The van der Waals surface area contributed by atoms with Crippen molar-refractivity contribution in [3.8, 4) is 11.3 Å². The van der Waals surface area contributed by atoms with Crippen molar-refractivity contribution >= 4 is 35.1 Å². The first-order valence-electron chi connectivity index (χ1n) is 6.01. The second-order valence-corrected chi connectivity index (χ2v) is 5.03. The molecule has 0 aliphatic rings. The van der Waals surface area contributed by atoms with Crippen LogP contribution in [0.1, 0.15) is 11.1 Å². The third kappa shape index (κ3) is 2.36. The van der Waals surface area contributed by atoms with E-state index in [1.165, 1.54) is 22.1 Å². The van der Waals surface area contributed by atoms with Gasteiger partial charge in [0.15, 0.2) is 0 Å². The van der Waals surface area contributed by atoms with Gasteiger partial charge in [0.05, 0.1) is 11.2 Å². The number of nitrogens with zero attached hydrogens (tertiary/aromatic N) is 1. The quantitative estimate of drug-likeness (QED) is 0.570. The number of benzene rings is 2. The zero-order valence-corrected chi connectivity index (χ0v) is 12.4. The van der Waals surface area contributed by atoms with E-state index in [1.54, 1.807) is 4.09 Å². The Bertz CT molecular complexity index is 729. The molecule has 0 bridgehead atoms. The molecule has 0 unspecified atom stereocenters. The predicted molar refractivity (Wildman–Crippen MR) is 85.3 cm³/mol. The van der Waals surface area contributed by atoms with Gasteiger partial charge in [0.25, 0.3) is 0 Å². The monoisotopic (exact) mass is 291 g/mol. The number of fused-ring (bicyclic) bond motifs is 1. The summed E-state index contributed by atoms with van der Waals surface area (Å²) >= 11 is 6.43. The number of aryl methyl sites for hydroxylation is 2. The van der Waals surface area contributed by atoms with Gasteiger partial charge in [-0.2, -0.15) is 0 Å². The fraction of sp³-hybridized carbons (Fsp3) is 0.125. The minimum Gasteiger partial charge on any atom is -0.252 e. The lowest BCUT2D eigenvalue weighted by Gasteiger charge is -2.07. The third-order valence-corrected chi connectivity index (χ3v) is 3.69. The van der Waals surface area contributed by atoms with Crippen LogP contribution in [0.5, 0.6) is 0 Å². The van der Waals surface area contributed by atoms with Gasteiger partial charge in [-0.15, -0.1) is 12.4 Å². The third-order valence-electron chi connectivity index (χ3n) is 3.32. The molecule has 3 aromatic rings. The predicted octanol–water partition coefficient (Wildman–Crippen LogP) is 5.35. The SMILES string of the molecule is Cc1ccc(C)c(-c2cc3ccccc3n2Cl)c1.Cl. The highest BCUT2D eigenvalue weighted by Gasteiger charge is 2.10. The first kappa shape index (κ1) is 14.0. The van der Waals surface area contributed by atoms with Crippen LogP contribution in [-0.4, -0.2) is 4.09 Å². The first-order valence-corrected chi connectivity index (χ1v) is 6.35. The maximum atomic E-state index is 6.43. The van der Waals surface area contributed by atoms with Crippen molar-refractivity contribution in [2.24, 2.45) is 0 Å². The van der Waals surface area contributed by atoms with Gasteiger partial charge in [-0.05, 0) is 37.6 Å². The number of hydrogen-bond acceptors (Lipinski definition) is 0. The second-order valence-electron chi connectivity index (χ2n) is 4.69. The Labute approximate surface area is 124 Å². The molecule has 1 heterocycles.